The number of hydrogen-bond acceptors (Lipinski definition) is 9. The lowest BCUT2D eigenvalue weighted by molar-refractivity contribution is -0.205. The van der Waals surface area contributed by atoms with Gasteiger partial charge in [-0.2, -0.15) is 0 Å². The van der Waals surface area contributed by atoms with E-state index < -0.39 is 48.7 Å². The van der Waals surface area contributed by atoms with Gasteiger partial charge in [-0.25, -0.2) is 0 Å². The Kier molecular flexibility index (Phi) is 14.1. The molecule has 0 spiro atoms. The van der Waals surface area contributed by atoms with Crippen LogP contribution in [0, 0.1) is 11.8 Å². The van der Waals surface area contributed by atoms with Gasteiger partial charge in [-0.1, -0.05) is 158 Å². The third-order valence-electron chi connectivity index (χ3n) is 9.70. The molecule has 2 aliphatic rings. The van der Waals surface area contributed by atoms with Gasteiger partial charge >= 0.3 is 0 Å². The van der Waals surface area contributed by atoms with Crippen LogP contribution in [0.4, 0.5) is 0 Å². The second-order valence-corrected chi connectivity index (χ2v) is 13.8. The summed E-state index contributed by atoms with van der Waals surface area (Å²) in [7, 11) is 1.56. The van der Waals surface area contributed by atoms with Gasteiger partial charge in [0.05, 0.1) is 39.6 Å². The Morgan fingerprint density at radius 3 is 1.41 bits per heavy atom. The van der Waals surface area contributed by atoms with Crippen molar-refractivity contribution < 1.29 is 43.0 Å². The number of rotatable bonds is 17. The molecular formula is C47H48O9. The second kappa shape index (κ2) is 19.9. The third-order valence-corrected chi connectivity index (χ3v) is 9.70. The molecule has 2 saturated heterocycles. The average molecular weight is 757 g/mol. The van der Waals surface area contributed by atoms with Crippen LogP contribution in [0.1, 0.15) is 27.8 Å². The smallest absolute Gasteiger partial charge is 0.261 e. The van der Waals surface area contributed by atoms with Crippen molar-refractivity contribution in [3.8, 4) is 11.8 Å². The van der Waals surface area contributed by atoms with Crippen LogP contribution in [0.2, 0.25) is 0 Å². The van der Waals surface area contributed by atoms with E-state index in [0.717, 1.165) is 27.8 Å². The van der Waals surface area contributed by atoms with Crippen molar-refractivity contribution in [2.75, 3.05) is 13.7 Å². The Morgan fingerprint density at radius 1 is 0.536 bits per heavy atom. The van der Waals surface area contributed by atoms with Crippen LogP contribution in [-0.4, -0.2) is 67.5 Å². The highest BCUT2D eigenvalue weighted by Crippen LogP contribution is 2.36. The molecule has 7 rings (SSSR count). The average Bonchev–Trinajstić information content (AvgIpc) is 3.73. The predicted molar refractivity (Wildman–Crippen MR) is 209 cm³/mol. The zero-order chi connectivity index (χ0) is 38.4. The lowest BCUT2D eigenvalue weighted by atomic mass is 10.0. The van der Waals surface area contributed by atoms with Crippen LogP contribution in [0.25, 0.3) is 0 Å². The van der Waals surface area contributed by atoms with Crippen molar-refractivity contribution in [2.24, 2.45) is 0 Å². The van der Waals surface area contributed by atoms with Crippen LogP contribution in [0.5, 0.6) is 0 Å². The van der Waals surface area contributed by atoms with Gasteiger partial charge in [-0.05, 0) is 33.7 Å². The first kappa shape index (κ1) is 39.5. The molecule has 0 radical (unpaired) electrons. The lowest BCUT2D eigenvalue weighted by Crippen LogP contribution is -2.45. The predicted octanol–water partition coefficient (Wildman–Crippen LogP) is 7.01. The molecule has 0 amide bonds. The fraction of sp³-hybridized carbons (Fsp3) is 0.319. The largest absolute Gasteiger partial charge is 0.374 e. The summed E-state index contributed by atoms with van der Waals surface area (Å²) in [5.74, 6) is 4.07. The van der Waals surface area contributed by atoms with E-state index >= 15 is 0 Å². The quantitative estimate of drug-likeness (QED) is 0.101. The molecule has 0 aromatic heterocycles. The Morgan fingerprint density at radius 2 is 0.946 bits per heavy atom. The van der Waals surface area contributed by atoms with E-state index in [1.807, 2.05) is 152 Å². The number of aliphatic hydroxyl groups is 1. The van der Waals surface area contributed by atoms with Crippen molar-refractivity contribution in [1.29, 1.82) is 0 Å². The fourth-order valence-electron chi connectivity index (χ4n) is 6.80. The summed E-state index contributed by atoms with van der Waals surface area (Å²) < 4.78 is 50.7. The zero-order valence-electron chi connectivity index (χ0n) is 31.4. The van der Waals surface area contributed by atoms with Crippen LogP contribution in [0.3, 0.4) is 0 Å². The van der Waals surface area contributed by atoms with Crippen LogP contribution in [0.15, 0.2) is 152 Å². The first-order valence-corrected chi connectivity index (χ1v) is 18.9. The molecule has 5 aromatic carbocycles. The highest BCUT2D eigenvalue weighted by molar-refractivity contribution is 5.24. The highest BCUT2D eigenvalue weighted by Gasteiger charge is 2.56. The standard InChI is InChI=1S/C47H48O9/c1-49-46-44(53-32-38-23-13-5-14-24-38)42(51-30-36-19-9-3-10-20-36)40(55-46)27-28-47(48)45(54-33-39-25-15-6-16-26-39)43(52-31-37-21-11-4-12-22-37)41(56-47)34-50-29-35-17-7-2-8-18-35/h2-26,40-46,48H,29-34H2,1H3/t40-,41-,42-,43-,44+,45+,46+,47?/m1/s1. The summed E-state index contributed by atoms with van der Waals surface area (Å²) in [5.41, 5.74) is 4.86. The summed E-state index contributed by atoms with van der Waals surface area (Å²) in [6, 6.07) is 49.2. The molecule has 2 heterocycles. The van der Waals surface area contributed by atoms with Crippen molar-refractivity contribution in [3.05, 3.63) is 179 Å². The minimum atomic E-state index is -2.12. The molecule has 56 heavy (non-hydrogen) atoms. The van der Waals surface area contributed by atoms with Crippen LogP contribution < -0.4 is 0 Å². The first-order valence-electron chi connectivity index (χ1n) is 18.9. The third kappa shape index (κ3) is 10.6. The molecule has 290 valence electrons. The zero-order valence-corrected chi connectivity index (χ0v) is 31.4. The molecule has 0 saturated carbocycles. The number of methoxy groups -OCH3 is 1. The number of benzene rings is 5. The molecule has 5 aromatic rings. The molecule has 2 aliphatic heterocycles. The summed E-state index contributed by atoms with van der Waals surface area (Å²) >= 11 is 0. The van der Waals surface area contributed by atoms with Gasteiger partial charge in [0.2, 0.25) is 0 Å². The molecule has 0 aliphatic carbocycles. The Labute approximate surface area is 329 Å². The molecule has 2 fully saturated rings. The SMILES string of the molecule is CO[C@H]1O[C@H](C#CC2(O)O[C@H](COCc3ccccc3)[C@@H](OCc3ccccc3)[C@@H]2OCc2ccccc2)[C@@H](OCc2ccccc2)[C@@H]1OCc1ccccc1. The van der Waals surface area contributed by atoms with E-state index in [-0.39, 0.29) is 26.4 Å². The maximum absolute atomic E-state index is 12.5. The van der Waals surface area contributed by atoms with E-state index in [1.165, 1.54) is 0 Å². The second-order valence-electron chi connectivity index (χ2n) is 13.8. The maximum Gasteiger partial charge on any atom is 0.261 e. The van der Waals surface area contributed by atoms with Gasteiger partial charge in [-0.15, -0.1) is 0 Å². The molecule has 1 unspecified atom stereocenters. The molecule has 0 bridgehead atoms. The van der Waals surface area contributed by atoms with Crippen molar-refractivity contribution in [3.63, 3.8) is 0 Å². The topological polar surface area (TPSA) is 94.1 Å². The summed E-state index contributed by atoms with van der Waals surface area (Å²) in [5, 5.41) is 12.5. The Bertz CT molecular complexity index is 1940. The first-order chi connectivity index (χ1) is 27.6. The Balaban J connectivity index is 1.17. The van der Waals surface area contributed by atoms with Crippen molar-refractivity contribution >= 4 is 0 Å². The minimum absolute atomic E-state index is 0.118. The van der Waals surface area contributed by atoms with E-state index in [0.29, 0.717) is 13.2 Å². The van der Waals surface area contributed by atoms with Crippen LogP contribution in [-0.2, 0) is 70.9 Å². The van der Waals surface area contributed by atoms with Gasteiger partial charge in [0.15, 0.2) is 18.5 Å². The van der Waals surface area contributed by atoms with Gasteiger partial charge in [-0.3, -0.25) is 0 Å². The minimum Gasteiger partial charge on any atom is -0.374 e. The summed E-state index contributed by atoms with van der Waals surface area (Å²) in [6.07, 6.45) is -5.47. The lowest BCUT2D eigenvalue weighted by Gasteiger charge is -2.27. The van der Waals surface area contributed by atoms with Crippen molar-refractivity contribution in [2.45, 2.75) is 81.7 Å². The van der Waals surface area contributed by atoms with Crippen molar-refractivity contribution in [1.82, 2.24) is 0 Å². The summed E-state index contributed by atoms with van der Waals surface area (Å²) in [6.45, 7) is 1.52. The van der Waals surface area contributed by atoms with E-state index in [9.17, 15) is 5.11 Å². The van der Waals surface area contributed by atoms with E-state index in [2.05, 4.69) is 11.8 Å². The van der Waals surface area contributed by atoms with E-state index in [1.54, 1.807) is 7.11 Å². The van der Waals surface area contributed by atoms with Gasteiger partial charge in [0.25, 0.3) is 5.79 Å². The van der Waals surface area contributed by atoms with Gasteiger partial charge in [0, 0.05) is 7.11 Å². The Hall–Kier alpha value is -4.70. The van der Waals surface area contributed by atoms with E-state index in [4.69, 9.17) is 37.9 Å². The van der Waals surface area contributed by atoms with Gasteiger partial charge < -0.3 is 43.0 Å². The van der Waals surface area contributed by atoms with Crippen LogP contribution >= 0.6 is 0 Å². The molecule has 1 N–H and O–H groups in total. The normalized spacial score (nSPS) is 25.8. The molecule has 9 heteroatoms. The molecule has 9 nitrogen and oxygen atoms in total. The molecule has 8 atom stereocenters. The number of ether oxygens (including phenoxy) is 8. The maximum atomic E-state index is 12.5. The highest BCUT2D eigenvalue weighted by atomic mass is 16.7. The molecular weight excluding hydrogens is 709 g/mol. The number of hydrogen-bond donors (Lipinski definition) is 1. The fourth-order valence-corrected chi connectivity index (χ4v) is 6.80. The monoisotopic (exact) mass is 756 g/mol. The van der Waals surface area contributed by atoms with Gasteiger partial charge in [0.1, 0.15) is 24.4 Å². The summed E-state index contributed by atoms with van der Waals surface area (Å²) in [4.78, 5) is 0.